The summed E-state index contributed by atoms with van der Waals surface area (Å²) in [7, 11) is 0. The quantitative estimate of drug-likeness (QED) is 0.800. The standard InChI is InChI=1S/C18H24Cl2N2O3/c1-17(2,3)25-16(24)22-10-8-18(9-11-22,21-15(23)12-19)13-4-6-14(20)7-5-13/h4-7H,8-12H2,1-3H3,(H,21,23). The third kappa shape index (κ3) is 5.25. The minimum Gasteiger partial charge on any atom is -0.444 e. The lowest BCUT2D eigenvalue weighted by molar-refractivity contribution is -0.121. The van der Waals surface area contributed by atoms with Crippen LogP contribution in [-0.4, -0.2) is 41.5 Å². The SMILES string of the molecule is CC(C)(C)OC(=O)N1CCC(NC(=O)CCl)(c2ccc(Cl)cc2)CC1. The number of ether oxygens (including phenoxy) is 1. The Morgan fingerprint density at radius 2 is 1.76 bits per heavy atom. The van der Waals surface area contributed by atoms with Crippen molar-refractivity contribution in [1.82, 2.24) is 10.2 Å². The van der Waals surface area contributed by atoms with Gasteiger partial charge in [0.15, 0.2) is 0 Å². The zero-order valence-corrected chi connectivity index (χ0v) is 16.3. The van der Waals surface area contributed by atoms with Crippen molar-refractivity contribution in [1.29, 1.82) is 0 Å². The van der Waals surface area contributed by atoms with Crippen molar-refractivity contribution in [3.8, 4) is 0 Å². The van der Waals surface area contributed by atoms with Crippen LogP contribution in [0.15, 0.2) is 24.3 Å². The molecule has 1 N–H and O–H groups in total. The first-order valence-electron chi connectivity index (χ1n) is 8.26. The van der Waals surface area contributed by atoms with Crippen molar-refractivity contribution in [3.63, 3.8) is 0 Å². The molecule has 1 aliphatic heterocycles. The fourth-order valence-corrected chi connectivity index (χ4v) is 3.15. The number of alkyl halides is 1. The summed E-state index contributed by atoms with van der Waals surface area (Å²) in [5, 5.41) is 3.67. The number of nitrogens with one attached hydrogen (secondary N) is 1. The van der Waals surface area contributed by atoms with Crippen LogP contribution in [0.5, 0.6) is 0 Å². The first-order chi connectivity index (χ1) is 11.6. The van der Waals surface area contributed by atoms with Gasteiger partial charge in [-0.3, -0.25) is 4.79 Å². The van der Waals surface area contributed by atoms with Crippen molar-refractivity contribution in [2.24, 2.45) is 0 Å². The molecule has 1 aliphatic rings. The van der Waals surface area contributed by atoms with E-state index < -0.39 is 11.1 Å². The second-order valence-corrected chi connectivity index (χ2v) is 7.94. The van der Waals surface area contributed by atoms with Crippen LogP contribution in [-0.2, 0) is 15.1 Å². The van der Waals surface area contributed by atoms with E-state index in [0.717, 1.165) is 5.56 Å². The van der Waals surface area contributed by atoms with Crippen LogP contribution in [0.3, 0.4) is 0 Å². The number of piperidine rings is 1. The Hall–Kier alpha value is -1.46. The summed E-state index contributed by atoms with van der Waals surface area (Å²) in [4.78, 5) is 25.9. The molecular weight excluding hydrogens is 363 g/mol. The van der Waals surface area contributed by atoms with E-state index in [9.17, 15) is 9.59 Å². The molecule has 0 radical (unpaired) electrons. The van der Waals surface area contributed by atoms with Gasteiger partial charge in [-0.25, -0.2) is 4.79 Å². The molecule has 138 valence electrons. The maximum absolute atomic E-state index is 12.3. The summed E-state index contributed by atoms with van der Waals surface area (Å²) in [5.41, 5.74) is -0.136. The van der Waals surface area contributed by atoms with Crippen LogP contribution in [0, 0.1) is 0 Å². The molecule has 25 heavy (non-hydrogen) atoms. The smallest absolute Gasteiger partial charge is 0.410 e. The molecule has 1 aromatic rings. The van der Waals surface area contributed by atoms with Crippen molar-refractivity contribution >= 4 is 35.2 Å². The summed E-state index contributed by atoms with van der Waals surface area (Å²) >= 11 is 11.7. The van der Waals surface area contributed by atoms with E-state index in [-0.39, 0.29) is 17.9 Å². The van der Waals surface area contributed by atoms with Crippen LogP contribution in [0.1, 0.15) is 39.2 Å². The Balaban J connectivity index is 2.16. The topological polar surface area (TPSA) is 58.6 Å². The fourth-order valence-electron chi connectivity index (χ4n) is 2.95. The average molecular weight is 387 g/mol. The molecule has 5 nitrogen and oxygen atoms in total. The van der Waals surface area contributed by atoms with Gasteiger partial charge in [-0.1, -0.05) is 23.7 Å². The monoisotopic (exact) mass is 386 g/mol. The van der Waals surface area contributed by atoms with Gasteiger partial charge in [0.2, 0.25) is 5.91 Å². The highest BCUT2D eigenvalue weighted by atomic mass is 35.5. The minimum absolute atomic E-state index is 0.106. The molecular formula is C18H24Cl2N2O3. The molecule has 1 fully saturated rings. The number of amides is 2. The summed E-state index contributed by atoms with van der Waals surface area (Å²) in [6.45, 7) is 6.49. The highest BCUT2D eigenvalue weighted by Crippen LogP contribution is 2.34. The molecule has 2 amide bonds. The molecule has 1 aromatic carbocycles. The molecule has 1 saturated heterocycles. The number of benzene rings is 1. The number of hydrogen-bond acceptors (Lipinski definition) is 3. The first-order valence-corrected chi connectivity index (χ1v) is 9.17. The molecule has 0 bridgehead atoms. The Morgan fingerprint density at radius 3 is 2.24 bits per heavy atom. The maximum atomic E-state index is 12.3. The van der Waals surface area contributed by atoms with Gasteiger partial charge in [-0.05, 0) is 51.3 Å². The minimum atomic E-state index is -0.560. The van der Waals surface area contributed by atoms with Crippen LogP contribution in [0.2, 0.25) is 5.02 Å². The Labute approximate surface area is 158 Å². The lowest BCUT2D eigenvalue weighted by atomic mass is 9.81. The van der Waals surface area contributed by atoms with Crippen molar-refractivity contribution in [2.45, 2.75) is 44.8 Å². The van der Waals surface area contributed by atoms with Crippen molar-refractivity contribution < 1.29 is 14.3 Å². The van der Waals surface area contributed by atoms with E-state index in [0.29, 0.717) is 31.0 Å². The molecule has 0 saturated carbocycles. The van der Waals surface area contributed by atoms with Crippen LogP contribution in [0.25, 0.3) is 0 Å². The van der Waals surface area contributed by atoms with Gasteiger partial charge in [0.25, 0.3) is 0 Å². The number of hydrogen-bond donors (Lipinski definition) is 1. The third-order valence-corrected chi connectivity index (χ3v) is 4.66. The van der Waals surface area contributed by atoms with Crippen LogP contribution >= 0.6 is 23.2 Å². The van der Waals surface area contributed by atoms with Crippen molar-refractivity contribution in [2.75, 3.05) is 19.0 Å². The van der Waals surface area contributed by atoms with E-state index >= 15 is 0 Å². The maximum Gasteiger partial charge on any atom is 0.410 e. The molecule has 0 aliphatic carbocycles. The number of halogens is 2. The summed E-state index contributed by atoms with van der Waals surface area (Å²) in [6, 6.07) is 7.40. The lowest BCUT2D eigenvalue weighted by Crippen LogP contribution is -2.54. The largest absolute Gasteiger partial charge is 0.444 e. The fraction of sp³-hybridized carbons (Fsp3) is 0.556. The average Bonchev–Trinajstić information content (AvgIpc) is 2.54. The second-order valence-electron chi connectivity index (χ2n) is 7.24. The Morgan fingerprint density at radius 1 is 1.20 bits per heavy atom. The van der Waals surface area contributed by atoms with E-state index in [2.05, 4.69) is 5.32 Å². The number of carbonyl (C=O) groups is 2. The number of likely N-dealkylation sites (tertiary alicyclic amines) is 1. The zero-order chi connectivity index (χ0) is 18.7. The first kappa shape index (κ1) is 19.9. The predicted molar refractivity (Wildman–Crippen MR) is 99.0 cm³/mol. The number of carbonyl (C=O) groups excluding carboxylic acids is 2. The molecule has 0 aromatic heterocycles. The Bertz CT molecular complexity index is 618. The predicted octanol–water partition coefficient (Wildman–Crippen LogP) is 3.92. The van der Waals surface area contributed by atoms with Crippen LogP contribution in [0.4, 0.5) is 4.79 Å². The summed E-state index contributed by atoms with van der Waals surface area (Å²) < 4.78 is 5.43. The number of nitrogens with zero attached hydrogens (tertiary/aromatic N) is 1. The highest BCUT2D eigenvalue weighted by molar-refractivity contribution is 6.30. The summed E-state index contributed by atoms with van der Waals surface area (Å²) in [6.07, 6.45) is 0.827. The summed E-state index contributed by atoms with van der Waals surface area (Å²) in [5.74, 6) is -0.340. The molecule has 1 heterocycles. The molecule has 0 spiro atoms. The second kappa shape index (κ2) is 7.83. The van der Waals surface area contributed by atoms with Crippen molar-refractivity contribution in [3.05, 3.63) is 34.9 Å². The van der Waals surface area contributed by atoms with Gasteiger partial charge in [-0.15, -0.1) is 11.6 Å². The zero-order valence-electron chi connectivity index (χ0n) is 14.8. The molecule has 2 rings (SSSR count). The third-order valence-electron chi connectivity index (χ3n) is 4.17. The highest BCUT2D eigenvalue weighted by Gasteiger charge is 2.39. The number of rotatable bonds is 3. The van der Waals surface area contributed by atoms with E-state index in [1.165, 1.54) is 0 Å². The van der Waals surface area contributed by atoms with Gasteiger partial charge in [-0.2, -0.15) is 0 Å². The van der Waals surface area contributed by atoms with E-state index in [1.54, 1.807) is 17.0 Å². The van der Waals surface area contributed by atoms with Gasteiger partial charge >= 0.3 is 6.09 Å². The van der Waals surface area contributed by atoms with Gasteiger partial charge < -0.3 is 15.0 Å². The molecule has 7 heteroatoms. The lowest BCUT2D eigenvalue weighted by Gasteiger charge is -2.42. The normalized spacial score (nSPS) is 17.1. The Kier molecular flexibility index (Phi) is 6.22. The van der Waals surface area contributed by atoms with E-state index in [4.69, 9.17) is 27.9 Å². The van der Waals surface area contributed by atoms with Gasteiger partial charge in [0, 0.05) is 18.1 Å². The molecule has 0 unspecified atom stereocenters. The van der Waals surface area contributed by atoms with E-state index in [1.807, 2.05) is 32.9 Å². The van der Waals surface area contributed by atoms with Crippen LogP contribution < -0.4 is 5.32 Å². The molecule has 0 atom stereocenters. The van der Waals surface area contributed by atoms with Gasteiger partial charge in [0.05, 0.1) is 5.54 Å². The van der Waals surface area contributed by atoms with Gasteiger partial charge in [0.1, 0.15) is 11.5 Å².